The number of pyridine rings is 1. The lowest BCUT2D eigenvalue weighted by atomic mass is 9.81. The van der Waals surface area contributed by atoms with E-state index in [4.69, 9.17) is 9.72 Å². The number of anilines is 1. The van der Waals surface area contributed by atoms with Gasteiger partial charge in [-0.2, -0.15) is 0 Å². The van der Waals surface area contributed by atoms with Gasteiger partial charge in [-0.05, 0) is 82.9 Å². The van der Waals surface area contributed by atoms with Crippen LogP contribution in [0.25, 0.3) is 11.1 Å². The quantitative estimate of drug-likeness (QED) is 0.314. The van der Waals surface area contributed by atoms with E-state index in [0.717, 1.165) is 86.7 Å². The van der Waals surface area contributed by atoms with E-state index < -0.39 is 17.7 Å². The molecule has 1 fully saturated rings. The molecule has 43 heavy (non-hydrogen) atoms. The summed E-state index contributed by atoms with van der Waals surface area (Å²) in [7, 11) is 0. The molecule has 3 aromatic rings. The summed E-state index contributed by atoms with van der Waals surface area (Å²) >= 11 is 0. The maximum atomic E-state index is 12.8. The van der Waals surface area contributed by atoms with E-state index in [1.165, 1.54) is 16.8 Å². The first kappa shape index (κ1) is 31.2. The monoisotopic (exact) mass is 587 g/mol. The predicted octanol–water partition coefficient (Wildman–Crippen LogP) is 6.71. The second-order valence-corrected chi connectivity index (χ2v) is 14.1. The van der Waals surface area contributed by atoms with Gasteiger partial charge in [0.1, 0.15) is 0 Å². The molecular formula is C35H49N5O3. The summed E-state index contributed by atoms with van der Waals surface area (Å²) in [5, 5.41) is 10.5. The summed E-state index contributed by atoms with van der Waals surface area (Å²) < 4.78 is 8.46. The van der Waals surface area contributed by atoms with E-state index >= 15 is 0 Å². The third-order valence-electron chi connectivity index (χ3n) is 9.08. The van der Waals surface area contributed by atoms with Crippen LogP contribution in [-0.4, -0.2) is 55.7 Å². The highest BCUT2D eigenvalue weighted by atomic mass is 16.5. The van der Waals surface area contributed by atoms with Crippen molar-refractivity contribution in [2.75, 3.05) is 24.5 Å². The first-order chi connectivity index (χ1) is 20.3. The zero-order valence-electron chi connectivity index (χ0n) is 27.3. The number of rotatable bonds is 8. The van der Waals surface area contributed by atoms with Crippen LogP contribution in [0.2, 0.25) is 0 Å². The molecule has 0 saturated carbocycles. The van der Waals surface area contributed by atoms with Gasteiger partial charge in [0.15, 0.2) is 6.10 Å². The van der Waals surface area contributed by atoms with Crippen molar-refractivity contribution in [1.29, 1.82) is 0 Å². The molecule has 1 N–H and O–H groups in total. The van der Waals surface area contributed by atoms with Crippen LogP contribution in [0.1, 0.15) is 94.3 Å². The van der Waals surface area contributed by atoms with Crippen molar-refractivity contribution >= 4 is 11.7 Å². The molecule has 0 unspecified atom stereocenters. The number of carboxylic acid groups (broad SMARTS) is 1. The van der Waals surface area contributed by atoms with E-state index in [9.17, 15) is 9.90 Å². The van der Waals surface area contributed by atoms with Gasteiger partial charge in [0.05, 0.1) is 23.3 Å². The molecule has 2 aliphatic rings. The smallest absolute Gasteiger partial charge is 0.337 e. The van der Waals surface area contributed by atoms with Crippen LogP contribution in [-0.2, 0) is 35.6 Å². The zero-order chi connectivity index (χ0) is 31.1. The molecule has 8 heteroatoms. The Balaban J connectivity index is 1.57. The zero-order valence-corrected chi connectivity index (χ0v) is 27.3. The largest absolute Gasteiger partial charge is 0.479 e. The molecule has 0 spiro atoms. The van der Waals surface area contributed by atoms with Crippen molar-refractivity contribution < 1.29 is 14.6 Å². The number of benzene rings is 1. The van der Waals surface area contributed by atoms with E-state index in [0.29, 0.717) is 5.56 Å². The van der Waals surface area contributed by atoms with E-state index in [-0.39, 0.29) is 5.41 Å². The van der Waals surface area contributed by atoms with Crippen molar-refractivity contribution in [2.45, 2.75) is 106 Å². The Hall–Kier alpha value is -3.23. The number of piperidine rings is 1. The molecule has 232 valence electrons. The second kappa shape index (κ2) is 12.0. The molecule has 2 aliphatic heterocycles. The average molecular weight is 588 g/mol. The third kappa shape index (κ3) is 6.80. The standard InChI is InChI=1S/C35H49N5O3/c1-9-39-22-36-19-28(39)21-38-15-12-25-18-26(10-11-27(25)20-38)29-23(2)37-24(3)30(32(33(41)42)43-34(4,5)6)31(29)40-16-13-35(7,8)14-17-40/h10-11,18-19,22,32H,9,12-17,20-21H2,1-8H3,(H,41,42)/t32-/m0/s1. The number of hydrogen-bond acceptors (Lipinski definition) is 6. The molecule has 0 aliphatic carbocycles. The Morgan fingerprint density at radius 1 is 1.09 bits per heavy atom. The molecule has 1 atom stereocenters. The Labute approximate surface area is 257 Å². The maximum absolute atomic E-state index is 12.8. The van der Waals surface area contributed by atoms with Gasteiger partial charge in [0, 0.05) is 68.0 Å². The SMILES string of the molecule is CCn1cncc1CN1CCc2cc(-c3c(C)nc(C)c([C@H](OC(C)(C)C)C(=O)O)c3N3CCC(C)(C)CC3)ccc2C1. The Bertz CT molecular complexity index is 1480. The minimum Gasteiger partial charge on any atom is -0.479 e. The number of imidazole rings is 1. The Morgan fingerprint density at radius 2 is 1.81 bits per heavy atom. The normalized spacial score (nSPS) is 18.0. The summed E-state index contributed by atoms with van der Waals surface area (Å²) in [6.07, 6.45) is 5.83. The van der Waals surface area contributed by atoms with Gasteiger partial charge in [-0.3, -0.25) is 9.88 Å². The minimum atomic E-state index is -1.11. The van der Waals surface area contributed by atoms with Crippen LogP contribution in [0.4, 0.5) is 5.69 Å². The number of fused-ring (bicyclic) bond motifs is 1. The van der Waals surface area contributed by atoms with Gasteiger partial charge in [0.2, 0.25) is 0 Å². The van der Waals surface area contributed by atoms with Crippen LogP contribution in [0.5, 0.6) is 0 Å². The highest BCUT2D eigenvalue weighted by Crippen LogP contribution is 2.45. The molecule has 0 amide bonds. The molecule has 2 aromatic heterocycles. The van der Waals surface area contributed by atoms with E-state index in [1.807, 2.05) is 40.2 Å². The molecule has 1 saturated heterocycles. The van der Waals surface area contributed by atoms with Gasteiger partial charge in [-0.15, -0.1) is 0 Å². The molecule has 0 bridgehead atoms. The highest BCUT2D eigenvalue weighted by Gasteiger charge is 2.36. The number of carboxylic acids is 1. The van der Waals surface area contributed by atoms with Crippen molar-refractivity contribution in [3.05, 3.63) is 64.5 Å². The van der Waals surface area contributed by atoms with Crippen LogP contribution in [0, 0.1) is 19.3 Å². The van der Waals surface area contributed by atoms with Gasteiger partial charge in [-0.25, -0.2) is 9.78 Å². The lowest BCUT2D eigenvalue weighted by molar-refractivity contribution is -0.160. The van der Waals surface area contributed by atoms with Crippen molar-refractivity contribution in [3.63, 3.8) is 0 Å². The fourth-order valence-corrected chi connectivity index (χ4v) is 6.65. The van der Waals surface area contributed by atoms with Crippen molar-refractivity contribution in [2.24, 2.45) is 5.41 Å². The molecule has 5 rings (SSSR count). The first-order valence-electron chi connectivity index (χ1n) is 15.8. The third-order valence-corrected chi connectivity index (χ3v) is 9.08. The number of ether oxygens (including phenoxy) is 1. The number of nitrogens with zero attached hydrogens (tertiary/aromatic N) is 5. The van der Waals surface area contributed by atoms with Crippen LogP contribution >= 0.6 is 0 Å². The lowest BCUT2D eigenvalue weighted by Gasteiger charge is -2.41. The number of aromatic nitrogens is 3. The summed E-state index contributed by atoms with van der Waals surface area (Å²) in [5.41, 5.74) is 9.00. The van der Waals surface area contributed by atoms with Crippen molar-refractivity contribution in [3.8, 4) is 11.1 Å². The fourth-order valence-electron chi connectivity index (χ4n) is 6.65. The molecule has 0 radical (unpaired) electrons. The molecular weight excluding hydrogens is 538 g/mol. The molecule has 1 aromatic carbocycles. The first-order valence-corrected chi connectivity index (χ1v) is 15.8. The Kier molecular flexibility index (Phi) is 8.74. The number of aryl methyl sites for hydroxylation is 3. The van der Waals surface area contributed by atoms with Gasteiger partial charge in [-0.1, -0.05) is 32.0 Å². The van der Waals surface area contributed by atoms with Crippen LogP contribution in [0.15, 0.2) is 30.7 Å². The van der Waals surface area contributed by atoms with E-state index in [1.54, 1.807) is 0 Å². The lowest BCUT2D eigenvalue weighted by Crippen LogP contribution is -2.39. The van der Waals surface area contributed by atoms with Gasteiger partial charge < -0.3 is 19.3 Å². The number of carbonyl (C=O) groups is 1. The van der Waals surface area contributed by atoms with Crippen molar-refractivity contribution in [1.82, 2.24) is 19.4 Å². The summed E-state index contributed by atoms with van der Waals surface area (Å²) in [5.74, 6) is -0.983. The molecule has 8 nitrogen and oxygen atoms in total. The maximum Gasteiger partial charge on any atom is 0.337 e. The molecule has 4 heterocycles. The second-order valence-electron chi connectivity index (χ2n) is 14.1. The average Bonchev–Trinajstić information content (AvgIpc) is 3.38. The Morgan fingerprint density at radius 3 is 2.47 bits per heavy atom. The highest BCUT2D eigenvalue weighted by molar-refractivity contribution is 5.88. The van der Waals surface area contributed by atoms with Gasteiger partial charge in [0.25, 0.3) is 0 Å². The van der Waals surface area contributed by atoms with Crippen LogP contribution < -0.4 is 4.90 Å². The van der Waals surface area contributed by atoms with Gasteiger partial charge >= 0.3 is 5.97 Å². The summed E-state index contributed by atoms with van der Waals surface area (Å²) in [4.78, 5) is 27.0. The number of aliphatic carboxylic acids is 1. The summed E-state index contributed by atoms with van der Waals surface area (Å²) in [6, 6.07) is 6.79. The number of hydrogen-bond donors (Lipinski definition) is 1. The summed E-state index contributed by atoms with van der Waals surface area (Å²) in [6.45, 7) is 21.9. The minimum absolute atomic E-state index is 0.259. The van der Waals surface area contributed by atoms with Crippen LogP contribution in [0.3, 0.4) is 0 Å². The fraction of sp³-hybridized carbons (Fsp3) is 0.571. The predicted molar refractivity (Wildman–Crippen MR) is 171 cm³/mol. The van der Waals surface area contributed by atoms with E-state index in [2.05, 4.69) is 65.2 Å². The topological polar surface area (TPSA) is 83.7 Å².